The predicted octanol–water partition coefficient (Wildman–Crippen LogP) is 4.14. The number of nitrogens with two attached hydrogens (primary N) is 1. The summed E-state index contributed by atoms with van der Waals surface area (Å²) in [6.45, 7) is 0.452. The van der Waals surface area contributed by atoms with Gasteiger partial charge in [0.2, 0.25) is 5.88 Å². The molecule has 3 rings (SSSR count). The molecule has 0 bridgehead atoms. The Kier molecular flexibility index (Phi) is 6.41. The van der Waals surface area contributed by atoms with E-state index in [4.69, 9.17) is 10.5 Å². The summed E-state index contributed by atoms with van der Waals surface area (Å²) < 4.78 is 18.6. The predicted molar refractivity (Wildman–Crippen MR) is 101 cm³/mol. The topological polar surface area (TPSA) is 72.5 Å². The fourth-order valence-corrected chi connectivity index (χ4v) is 3.08. The second-order valence-electron chi connectivity index (χ2n) is 6.59. The van der Waals surface area contributed by atoms with Crippen LogP contribution >= 0.6 is 0 Å². The van der Waals surface area contributed by atoms with Crippen LogP contribution in [0, 0.1) is 5.82 Å². The van der Waals surface area contributed by atoms with Crippen molar-refractivity contribution >= 4 is 5.96 Å². The van der Waals surface area contributed by atoms with E-state index in [1.165, 1.54) is 37.8 Å². The lowest BCUT2D eigenvalue weighted by Gasteiger charge is -2.16. The monoisotopic (exact) mass is 356 g/mol. The molecule has 6 heteroatoms. The van der Waals surface area contributed by atoms with E-state index in [0.29, 0.717) is 30.2 Å². The molecule has 3 N–H and O–H groups in total. The van der Waals surface area contributed by atoms with Gasteiger partial charge in [-0.2, -0.15) is 0 Å². The first kappa shape index (κ1) is 18.2. The molecule has 1 aliphatic carbocycles. The number of hydrogen-bond donors (Lipinski definition) is 2. The highest BCUT2D eigenvalue weighted by molar-refractivity contribution is 5.78. The van der Waals surface area contributed by atoms with Crippen molar-refractivity contribution in [3.63, 3.8) is 0 Å². The van der Waals surface area contributed by atoms with Crippen LogP contribution in [-0.2, 0) is 6.54 Å². The minimum absolute atomic E-state index is 0.301. The number of aliphatic imine (C=N–C) groups is 1. The highest BCUT2D eigenvalue weighted by Gasteiger charge is 2.12. The van der Waals surface area contributed by atoms with Crippen molar-refractivity contribution in [1.82, 2.24) is 10.3 Å². The summed E-state index contributed by atoms with van der Waals surface area (Å²) in [7, 11) is 0. The lowest BCUT2D eigenvalue weighted by atomic mass is 10.1. The Morgan fingerprint density at radius 3 is 2.62 bits per heavy atom. The number of aromatic nitrogens is 1. The Labute approximate surface area is 153 Å². The molecule has 0 amide bonds. The Morgan fingerprint density at radius 1 is 1.15 bits per heavy atom. The van der Waals surface area contributed by atoms with E-state index in [9.17, 15) is 4.39 Å². The summed E-state index contributed by atoms with van der Waals surface area (Å²) in [5.41, 5.74) is 6.98. The number of rotatable bonds is 5. The summed E-state index contributed by atoms with van der Waals surface area (Å²) in [5.74, 6) is 1.16. The van der Waals surface area contributed by atoms with Crippen molar-refractivity contribution in [2.24, 2.45) is 10.7 Å². The third-order valence-corrected chi connectivity index (χ3v) is 4.47. The normalized spacial score (nSPS) is 16.1. The number of benzene rings is 1. The Balaban J connectivity index is 1.56. The number of pyridine rings is 1. The van der Waals surface area contributed by atoms with E-state index < -0.39 is 0 Å². The van der Waals surface area contributed by atoms with Gasteiger partial charge in [0, 0.05) is 18.3 Å². The standard InChI is InChI=1S/C20H25FN4O/c21-16-7-9-18(10-8-16)26-19-13-15(11-12-23-19)14-24-20(22)25-17-5-3-1-2-4-6-17/h7-13,17H,1-6,14H2,(H3,22,24,25). The van der Waals surface area contributed by atoms with E-state index in [-0.39, 0.29) is 5.82 Å². The minimum atomic E-state index is -0.301. The van der Waals surface area contributed by atoms with Crippen LogP contribution in [0.25, 0.3) is 0 Å². The lowest BCUT2D eigenvalue weighted by Crippen LogP contribution is -2.39. The SMILES string of the molecule is NC(=NCc1ccnc(Oc2ccc(F)cc2)c1)NC1CCCCCC1. The van der Waals surface area contributed by atoms with Crippen molar-refractivity contribution in [3.8, 4) is 11.6 Å². The fourth-order valence-electron chi connectivity index (χ4n) is 3.08. The fraction of sp³-hybridized carbons (Fsp3) is 0.400. The molecule has 26 heavy (non-hydrogen) atoms. The summed E-state index contributed by atoms with van der Waals surface area (Å²) in [5, 5.41) is 3.33. The van der Waals surface area contributed by atoms with Crippen molar-refractivity contribution in [3.05, 3.63) is 54.0 Å². The third kappa shape index (κ3) is 5.72. The van der Waals surface area contributed by atoms with Crippen LogP contribution in [0.3, 0.4) is 0 Å². The van der Waals surface area contributed by atoms with Crippen LogP contribution < -0.4 is 15.8 Å². The van der Waals surface area contributed by atoms with Gasteiger partial charge in [-0.3, -0.25) is 0 Å². The average molecular weight is 356 g/mol. The number of ether oxygens (including phenoxy) is 1. The molecular weight excluding hydrogens is 331 g/mol. The number of guanidine groups is 1. The maximum absolute atomic E-state index is 13.0. The first-order valence-corrected chi connectivity index (χ1v) is 9.14. The van der Waals surface area contributed by atoms with E-state index in [0.717, 1.165) is 18.4 Å². The molecule has 1 aliphatic rings. The average Bonchev–Trinajstić information content (AvgIpc) is 2.91. The van der Waals surface area contributed by atoms with Crippen molar-refractivity contribution in [2.45, 2.75) is 51.1 Å². The van der Waals surface area contributed by atoms with Gasteiger partial charge in [0.25, 0.3) is 0 Å². The zero-order valence-corrected chi connectivity index (χ0v) is 14.8. The highest BCUT2D eigenvalue weighted by Crippen LogP contribution is 2.20. The largest absolute Gasteiger partial charge is 0.439 e. The molecule has 0 aliphatic heterocycles. The van der Waals surface area contributed by atoms with E-state index in [1.807, 2.05) is 12.1 Å². The molecule has 0 atom stereocenters. The van der Waals surface area contributed by atoms with Crippen LogP contribution in [0.2, 0.25) is 0 Å². The molecule has 1 saturated carbocycles. The Morgan fingerprint density at radius 2 is 1.88 bits per heavy atom. The van der Waals surface area contributed by atoms with Gasteiger partial charge >= 0.3 is 0 Å². The van der Waals surface area contributed by atoms with Crippen LogP contribution in [0.5, 0.6) is 11.6 Å². The van der Waals surface area contributed by atoms with Gasteiger partial charge in [-0.15, -0.1) is 0 Å². The maximum atomic E-state index is 13.0. The quantitative estimate of drug-likeness (QED) is 0.480. The lowest BCUT2D eigenvalue weighted by molar-refractivity contribution is 0.460. The van der Waals surface area contributed by atoms with E-state index >= 15 is 0 Å². The van der Waals surface area contributed by atoms with Crippen LogP contribution in [0.1, 0.15) is 44.1 Å². The minimum Gasteiger partial charge on any atom is -0.439 e. The molecule has 0 radical (unpaired) electrons. The number of hydrogen-bond acceptors (Lipinski definition) is 3. The van der Waals surface area contributed by atoms with E-state index in [1.54, 1.807) is 18.3 Å². The molecule has 1 aromatic carbocycles. The summed E-state index contributed by atoms with van der Waals surface area (Å²) >= 11 is 0. The van der Waals surface area contributed by atoms with Gasteiger partial charge in [-0.1, -0.05) is 25.7 Å². The summed E-state index contributed by atoms with van der Waals surface area (Å²) in [6.07, 6.45) is 9.09. The maximum Gasteiger partial charge on any atom is 0.219 e. The Hall–Kier alpha value is -2.63. The summed E-state index contributed by atoms with van der Waals surface area (Å²) in [6, 6.07) is 9.95. The molecule has 0 spiro atoms. The van der Waals surface area contributed by atoms with Gasteiger partial charge < -0.3 is 15.8 Å². The smallest absolute Gasteiger partial charge is 0.219 e. The van der Waals surface area contributed by atoms with E-state index in [2.05, 4.69) is 15.3 Å². The van der Waals surface area contributed by atoms with Crippen molar-refractivity contribution in [2.75, 3.05) is 0 Å². The van der Waals surface area contributed by atoms with Crippen LogP contribution in [0.4, 0.5) is 4.39 Å². The molecular formula is C20H25FN4O. The molecule has 1 fully saturated rings. The van der Waals surface area contributed by atoms with Crippen LogP contribution in [-0.4, -0.2) is 17.0 Å². The second-order valence-corrected chi connectivity index (χ2v) is 6.59. The van der Waals surface area contributed by atoms with Gasteiger partial charge in [0.15, 0.2) is 5.96 Å². The molecule has 0 unspecified atom stereocenters. The van der Waals surface area contributed by atoms with Gasteiger partial charge in [0.1, 0.15) is 11.6 Å². The zero-order chi connectivity index (χ0) is 18.2. The molecule has 5 nitrogen and oxygen atoms in total. The molecule has 2 aromatic rings. The molecule has 1 heterocycles. The zero-order valence-electron chi connectivity index (χ0n) is 14.8. The third-order valence-electron chi connectivity index (χ3n) is 4.47. The first-order valence-electron chi connectivity index (χ1n) is 9.14. The number of halogens is 1. The van der Waals surface area contributed by atoms with Gasteiger partial charge in [-0.25, -0.2) is 14.4 Å². The van der Waals surface area contributed by atoms with Gasteiger partial charge in [0.05, 0.1) is 6.54 Å². The van der Waals surface area contributed by atoms with Crippen LogP contribution in [0.15, 0.2) is 47.6 Å². The van der Waals surface area contributed by atoms with Gasteiger partial charge in [-0.05, 0) is 48.7 Å². The van der Waals surface area contributed by atoms with Crippen molar-refractivity contribution in [1.29, 1.82) is 0 Å². The highest BCUT2D eigenvalue weighted by atomic mass is 19.1. The number of nitrogens with one attached hydrogen (secondary N) is 1. The second kappa shape index (κ2) is 9.17. The molecule has 1 aromatic heterocycles. The summed E-state index contributed by atoms with van der Waals surface area (Å²) in [4.78, 5) is 8.61. The number of nitrogens with zero attached hydrogens (tertiary/aromatic N) is 2. The van der Waals surface area contributed by atoms with Crippen molar-refractivity contribution < 1.29 is 9.13 Å². The molecule has 138 valence electrons. The first-order chi connectivity index (χ1) is 12.7. The Bertz CT molecular complexity index is 725. The molecule has 0 saturated heterocycles.